The minimum Gasteiger partial charge on any atom is -0.453 e. The van der Waals surface area contributed by atoms with Crippen LogP contribution in [0.25, 0.3) is 16.6 Å². The summed E-state index contributed by atoms with van der Waals surface area (Å²) in [5.41, 5.74) is 1.99. The summed E-state index contributed by atoms with van der Waals surface area (Å²) in [5, 5.41) is 8.09. The largest absolute Gasteiger partial charge is 0.453 e. The molecule has 0 radical (unpaired) electrons. The predicted octanol–water partition coefficient (Wildman–Crippen LogP) is 4.42. The summed E-state index contributed by atoms with van der Waals surface area (Å²) in [6, 6.07) is 13.1. The normalized spacial score (nSPS) is 12.6. The molecule has 1 unspecified atom stereocenters. The van der Waals surface area contributed by atoms with Gasteiger partial charge in [0.05, 0.1) is 0 Å². The number of carbonyl (C=O) groups is 2. The molecule has 0 aliphatic rings. The number of anilines is 1. The maximum absolute atomic E-state index is 13.0. The number of hydrogen-bond donors (Lipinski definition) is 1. The van der Waals surface area contributed by atoms with Crippen molar-refractivity contribution in [1.29, 1.82) is 0 Å². The Morgan fingerprint density at radius 1 is 1.09 bits per heavy atom. The fourth-order valence-electron chi connectivity index (χ4n) is 3.80. The van der Waals surface area contributed by atoms with Gasteiger partial charge in [-0.05, 0) is 44.2 Å². The molecule has 0 saturated carbocycles. The first kappa shape index (κ1) is 24.1. The minimum atomic E-state index is -4.69. The third-order valence-electron chi connectivity index (χ3n) is 5.61. The molecule has 2 aromatic carbocycles. The molecule has 4 rings (SSSR count). The zero-order valence-corrected chi connectivity index (χ0v) is 19.2. The highest BCUT2D eigenvalue weighted by Gasteiger charge is 2.37. The molecule has 182 valence electrons. The van der Waals surface area contributed by atoms with Crippen LogP contribution in [0.5, 0.6) is 0 Å². The monoisotopic (exact) mass is 485 g/mol. The molecule has 0 aliphatic heterocycles. The summed E-state index contributed by atoms with van der Waals surface area (Å²) < 4.78 is 45.2. The quantitative estimate of drug-likeness (QED) is 0.406. The van der Waals surface area contributed by atoms with Crippen LogP contribution in [0.4, 0.5) is 18.9 Å². The number of halogens is 3. The molecule has 0 bridgehead atoms. The Hall–Kier alpha value is -4.02. The van der Waals surface area contributed by atoms with Crippen molar-refractivity contribution >= 4 is 34.1 Å². The van der Waals surface area contributed by atoms with Gasteiger partial charge in [0.15, 0.2) is 6.10 Å². The number of fused-ring (bicyclic) bond motifs is 2. The second kappa shape index (κ2) is 9.32. The second-order valence-electron chi connectivity index (χ2n) is 8.05. The van der Waals surface area contributed by atoms with E-state index in [1.54, 1.807) is 19.9 Å². The fraction of sp³-hybridized carbons (Fsp3) is 0.292. The van der Waals surface area contributed by atoms with E-state index in [0.717, 1.165) is 15.3 Å². The number of aryl methyl sites for hydroxylation is 2. The topological polar surface area (TPSA) is 98.5 Å². The number of benzene rings is 2. The first-order chi connectivity index (χ1) is 16.5. The third-order valence-corrected chi connectivity index (χ3v) is 5.61. The van der Waals surface area contributed by atoms with Crippen molar-refractivity contribution < 1.29 is 27.5 Å². The Balaban J connectivity index is 1.41. The van der Waals surface area contributed by atoms with Crippen LogP contribution in [0, 0.1) is 13.8 Å². The Morgan fingerprint density at radius 3 is 2.54 bits per heavy atom. The van der Waals surface area contributed by atoms with E-state index in [0.29, 0.717) is 22.6 Å². The number of esters is 1. The van der Waals surface area contributed by atoms with E-state index in [-0.39, 0.29) is 18.6 Å². The van der Waals surface area contributed by atoms with Crippen molar-refractivity contribution in [2.75, 3.05) is 5.32 Å². The van der Waals surface area contributed by atoms with Gasteiger partial charge in [0.25, 0.3) is 17.5 Å². The second-order valence-corrected chi connectivity index (χ2v) is 8.05. The van der Waals surface area contributed by atoms with Gasteiger partial charge in [-0.15, -0.1) is 5.10 Å². The number of ether oxygens (including phenoxy) is 1. The number of carbonyl (C=O) groups excluding carboxylic acids is 2. The van der Waals surface area contributed by atoms with Crippen LogP contribution in [0.2, 0.25) is 0 Å². The van der Waals surface area contributed by atoms with Gasteiger partial charge in [-0.1, -0.05) is 36.4 Å². The smallest absolute Gasteiger partial charge is 0.453 e. The van der Waals surface area contributed by atoms with Gasteiger partial charge in [-0.25, -0.2) is 9.50 Å². The van der Waals surface area contributed by atoms with E-state index < -0.39 is 30.0 Å². The number of alkyl halides is 3. The van der Waals surface area contributed by atoms with Crippen LogP contribution >= 0.6 is 0 Å². The molecule has 1 amide bonds. The highest BCUT2D eigenvalue weighted by atomic mass is 19.4. The highest BCUT2D eigenvalue weighted by molar-refractivity contribution is 6.03. The number of nitrogens with zero attached hydrogens (tertiary/aromatic N) is 4. The van der Waals surface area contributed by atoms with E-state index in [1.165, 1.54) is 6.92 Å². The van der Waals surface area contributed by atoms with Crippen LogP contribution in [-0.2, 0) is 26.9 Å². The van der Waals surface area contributed by atoms with Gasteiger partial charge in [0.2, 0.25) is 0 Å². The van der Waals surface area contributed by atoms with Gasteiger partial charge in [0, 0.05) is 28.9 Å². The zero-order valence-electron chi connectivity index (χ0n) is 19.2. The molecule has 0 aliphatic carbocycles. The van der Waals surface area contributed by atoms with Gasteiger partial charge < -0.3 is 10.1 Å². The summed E-state index contributed by atoms with van der Waals surface area (Å²) in [7, 11) is 0. The molecular formula is C24H22F3N5O3. The summed E-state index contributed by atoms with van der Waals surface area (Å²) in [6.07, 6.45) is -5.69. The van der Waals surface area contributed by atoms with Crippen LogP contribution in [0.3, 0.4) is 0 Å². The average Bonchev–Trinajstić information content (AvgIpc) is 3.24. The Labute approximate surface area is 198 Å². The molecule has 35 heavy (non-hydrogen) atoms. The SMILES string of the molecule is Cc1nc2nc(C(F)(F)F)nn2c(C)c1CCC(=O)OC(C)C(=O)Nc1cccc2ccccc12. The first-order valence-electron chi connectivity index (χ1n) is 10.8. The molecule has 0 fully saturated rings. The molecular weight excluding hydrogens is 463 g/mol. The van der Waals surface area contributed by atoms with Gasteiger partial charge in [-0.2, -0.15) is 18.2 Å². The molecule has 8 nitrogen and oxygen atoms in total. The lowest BCUT2D eigenvalue weighted by atomic mass is 10.1. The molecule has 11 heteroatoms. The maximum atomic E-state index is 13.0. The minimum absolute atomic E-state index is 0.0957. The summed E-state index contributed by atoms with van der Waals surface area (Å²) in [4.78, 5) is 32.5. The Kier molecular flexibility index (Phi) is 6.42. The molecule has 0 spiro atoms. The number of amides is 1. The van der Waals surface area contributed by atoms with Crippen molar-refractivity contribution in [3.63, 3.8) is 0 Å². The fourth-order valence-corrected chi connectivity index (χ4v) is 3.80. The predicted molar refractivity (Wildman–Crippen MR) is 122 cm³/mol. The number of rotatable bonds is 6. The lowest BCUT2D eigenvalue weighted by Crippen LogP contribution is -2.30. The Bertz CT molecular complexity index is 1430. The molecule has 1 N–H and O–H groups in total. The Morgan fingerprint density at radius 2 is 1.80 bits per heavy atom. The van der Waals surface area contributed by atoms with Crippen LogP contribution < -0.4 is 5.32 Å². The number of aromatic nitrogens is 4. The molecule has 4 aromatic rings. The van der Waals surface area contributed by atoms with E-state index >= 15 is 0 Å². The van der Waals surface area contributed by atoms with Gasteiger partial charge in [-0.3, -0.25) is 9.59 Å². The van der Waals surface area contributed by atoms with Crippen LogP contribution in [-0.4, -0.2) is 37.6 Å². The standard InChI is InChI=1S/C24H22F3N5O3/c1-13-17(14(2)32-23(28-13)30-22(31-32)24(25,26)27)11-12-20(33)35-15(3)21(34)29-19-10-6-8-16-7-4-5-9-18(16)19/h4-10,15H,11-12H2,1-3H3,(H,29,34). The van der Waals surface area contributed by atoms with Crippen molar-refractivity contribution in [3.8, 4) is 0 Å². The van der Waals surface area contributed by atoms with Crippen LogP contribution in [0.1, 0.15) is 36.1 Å². The lowest BCUT2D eigenvalue weighted by Gasteiger charge is -2.15. The summed E-state index contributed by atoms with van der Waals surface area (Å²) in [5.74, 6) is -2.56. The molecule has 1 atom stereocenters. The average molecular weight is 485 g/mol. The summed E-state index contributed by atoms with van der Waals surface area (Å²) in [6.45, 7) is 4.67. The third kappa shape index (κ3) is 5.08. The van der Waals surface area contributed by atoms with Crippen LogP contribution in [0.15, 0.2) is 42.5 Å². The van der Waals surface area contributed by atoms with E-state index in [2.05, 4.69) is 20.4 Å². The number of hydrogen-bond acceptors (Lipinski definition) is 6. The molecule has 2 aromatic heterocycles. The van der Waals surface area contributed by atoms with Gasteiger partial charge in [0.1, 0.15) is 0 Å². The first-order valence-corrected chi connectivity index (χ1v) is 10.8. The van der Waals surface area contributed by atoms with E-state index in [1.807, 2.05) is 36.4 Å². The van der Waals surface area contributed by atoms with E-state index in [4.69, 9.17) is 4.74 Å². The van der Waals surface area contributed by atoms with Crippen molar-refractivity contribution in [2.24, 2.45) is 0 Å². The number of nitrogens with one attached hydrogen (secondary N) is 1. The lowest BCUT2D eigenvalue weighted by molar-refractivity contribution is -0.153. The zero-order chi connectivity index (χ0) is 25.3. The van der Waals surface area contributed by atoms with E-state index in [9.17, 15) is 22.8 Å². The summed E-state index contributed by atoms with van der Waals surface area (Å²) >= 11 is 0. The van der Waals surface area contributed by atoms with Crippen molar-refractivity contribution in [2.45, 2.75) is 45.9 Å². The van der Waals surface area contributed by atoms with Crippen molar-refractivity contribution in [1.82, 2.24) is 19.6 Å². The maximum Gasteiger partial charge on any atom is 0.453 e. The molecule has 2 heterocycles. The highest BCUT2D eigenvalue weighted by Crippen LogP contribution is 2.27. The van der Waals surface area contributed by atoms with Crippen molar-refractivity contribution in [3.05, 3.63) is 65.2 Å². The molecule has 0 saturated heterocycles. The van der Waals surface area contributed by atoms with Gasteiger partial charge >= 0.3 is 12.1 Å².